The maximum atomic E-state index is 13.5. The molecule has 0 atom stereocenters. The van der Waals surface area contributed by atoms with Crippen LogP contribution >= 0.6 is 0 Å². The van der Waals surface area contributed by atoms with Gasteiger partial charge in [0.15, 0.2) is 0 Å². The summed E-state index contributed by atoms with van der Waals surface area (Å²) < 4.78 is 63.0. The van der Waals surface area contributed by atoms with E-state index in [-0.39, 0.29) is 22.6 Å². The first-order valence-corrected chi connectivity index (χ1v) is 12.8. The molecule has 1 saturated heterocycles. The largest absolute Gasteiger partial charge is 0.497 e. The van der Waals surface area contributed by atoms with Crippen LogP contribution in [0.15, 0.2) is 40.8 Å². The van der Waals surface area contributed by atoms with E-state index >= 15 is 0 Å². The number of furan rings is 1. The first-order valence-electron chi connectivity index (χ1n) is 10.9. The summed E-state index contributed by atoms with van der Waals surface area (Å²) in [6.07, 6.45) is 1.08. The highest BCUT2D eigenvalue weighted by Gasteiger charge is 2.52. The van der Waals surface area contributed by atoms with E-state index < -0.39 is 40.1 Å². The van der Waals surface area contributed by atoms with E-state index in [4.69, 9.17) is 18.5 Å². The maximum Gasteiger partial charge on any atom is 0.497 e. The highest BCUT2D eigenvalue weighted by molar-refractivity contribution is 7.92. The highest BCUT2D eigenvalue weighted by Crippen LogP contribution is 2.40. The number of rotatable bonds is 5. The molecule has 0 aliphatic carbocycles. The Kier molecular flexibility index (Phi) is 6.02. The SMILES string of the molecule is COC(=O)c1c(-c2ccc(F)cc2)oc2cc(N(C)S(C)(=O)=O)c(B3OC(C)(C)C(C)(C)O3)cc12. The van der Waals surface area contributed by atoms with E-state index in [2.05, 4.69) is 0 Å². The van der Waals surface area contributed by atoms with Gasteiger partial charge < -0.3 is 18.5 Å². The van der Waals surface area contributed by atoms with Gasteiger partial charge in [0, 0.05) is 29.5 Å². The smallest absolute Gasteiger partial charge is 0.465 e. The average Bonchev–Trinajstić information content (AvgIpc) is 3.24. The van der Waals surface area contributed by atoms with Crippen molar-refractivity contribution < 1.29 is 36.1 Å². The third-order valence-electron chi connectivity index (χ3n) is 6.68. The molecule has 8 nitrogen and oxygen atoms in total. The number of halogens is 1. The van der Waals surface area contributed by atoms with E-state index in [9.17, 15) is 17.6 Å². The quantitative estimate of drug-likeness (QED) is 0.387. The van der Waals surface area contributed by atoms with E-state index in [1.807, 2.05) is 27.7 Å². The second-order valence-electron chi connectivity index (χ2n) is 9.53. The molecule has 0 unspecified atom stereocenters. The molecule has 2 aromatic carbocycles. The number of methoxy groups -OCH3 is 1. The number of sulfonamides is 1. The maximum absolute atomic E-state index is 13.5. The van der Waals surface area contributed by atoms with Gasteiger partial charge in [-0.2, -0.15) is 0 Å². The van der Waals surface area contributed by atoms with Crippen molar-refractivity contribution in [3.05, 3.63) is 47.8 Å². The van der Waals surface area contributed by atoms with Gasteiger partial charge in [-0.15, -0.1) is 0 Å². The van der Waals surface area contributed by atoms with Crippen molar-refractivity contribution in [2.24, 2.45) is 0 Å². The summed E-state index contributed by atoms with van der Waals surface area (Å²) in [5.74, 6) is -0.928. The summed E-state index contributed by atoms with van der Waals surface area (Å²) in [6.45, 7) is 7.54. The van der Waals surface area contributed by atoms with Crippen LogP contribution < -0.4 is 9.77 Å². The zero-order valence-electron chi connectivity index (χ0n) is 20.6. The average molecular weight is 503 g/mol. The molecule has 2 heterocycles. The number of carbonyl (C=O) groups is 1. The van der Waals surface area contributed by atoms with Crippen LogP contribution in [0.2, 0.25) is 0 Å². The van der Waals surface area contributed by atoms with Gasteiger partial charge in [0.25, 0.3) is 0 Å². The van der Waals surface area contributed by atoms with Crippen LogP contribution in [0.3, 0.4) is 0 Å². The lowest BCUT2D eigenvalue weighted by Crippen LogP contribution is -2.41. The lowest BCUT2D eigenvalue weighted by atomic mass is 9.77. The fourth-order valence-electron chi connectivity index (χ4n) is 3.87. The first-order chi connectivity index (χ1) is 16.2. The number of hydrogen-bond acceptors (Lipinski definition) is 7. The van der Waals surface area contributed by atoms with Crippen molar-refractivity contribution in [2.75, 3.05) is 24.7 Å². The van der Waals surface area contributed by atoms with Crippen molar-refractivity contribution in [3.63, 3.8) is 0 Å². The minimum Gasteiger partial charge on any atom is -0.465 e. The second-order valence-corrected chi connectivity index (χ2v) is 11.5. The van der Waals surface area contributed by atoms with E-state index in [1.165, 1.54) is 44.5 Å². The van der Waals surface area contributed by atoms with Crippen LogP contribution in [0, 0.1) is 5.82 Å². The predicted molar refractivity (Wildman–Crippen MR) is 132 cm³/mol. The van der Waals surface area contributed by atoms with Crippen LogP contribution in [0.25, 0.3) is 22.3 Å². The number of carbonyl (C=O) groups excluding carboxylic acids is 1. The molecule has 0 saturated carbocycles. The number of hydrogen-bond donors (Lipinski definition) is 0. The number of benzene rings is 2. The van der Waals surface area contributed by atoms with Crippen molar-refractivity contribution in [2.45, 2.75) is 38.9 Å². The molecular formula is C24H27BFNO7S. The van der Waals surface area contributed by atoms with E-state index in [0.717, 1.165) is 10.6 Å². The summed E-state index contributed by atoms with van der Waals surface area (Å²) >= 11 is 0. The van der Waals surface area contributed by atoms with Gasteiger partial charge in [-0.1, -0.05) is 0 Å². The van der Waals surface area contributed by atoms with Gasteiger partial charge in [0.2, 0.25) is 10.0 Å². The Morgan fingerprint density at radius 3 is 2.14 bits per heavy atom. The molecule has 1 aromatic heterocycles. The zero-order chi connectivity index (χ0) is 25.9. The van der Waals surface area contributed by atoms with Crippen LogP contribution in [0.5, 0.6) is 0 Å². The van der Waals surface area contributed by atoms with E-state index in [0.29, 0.717) is 16.4 Å². The number of anilines is 1. The molecule has 0 amide bonds. The molecule has 1 aliphatic heterocycles. The fourth-order valence-corrected chi connectivity index (χ4v) is 4.38. The Balaban J connectivity index is 2.02. The Bertz CT molecular complexity index is 1400. The number of nitrogens with zero attached hydrogens (tertiary/aromatic N) is 1. The molecule has 0 radical (unpaired) electrons. The summed E-state index contributed by atoms with van der Waals surface area (Å²) in [4.78, 5) is 12.8. The van der Waals surface area contributed by atoms with Crippen molar-refractivity contribution >= 4 is 45.2 Å². The Morgan fingerprint density at radius 2 is 1.63 bits per heavy atom. The molecule has 3 aromatic rings. The first kappa shape index (κ1) is 25.2. The molecular weight excluding hydrogens is 476 g/mol. The van der Waals surface area contributed by atoms with Crippen molar-refractivity contribution in [3.8, 4) is 11.3 Å². The number of fused-ring (bicyclic) bond motifs is 1. The van der Waals surface area contributed by atoms with Gasteiger partial charge in [0.05, 0.1) is 30.3 Å². The lowest BCUT2D eigenvalue weighted by Gasteiger charge is -2.32. The summed E-state index contributed by atoms with van der Waals surface area (Å²) in [7, 11) is -1.93. The molecule has 1 fully saturated rings. The number of esters is 1. The van der Waals surface area contributed by atoms with Crippen LogP contribution in [0.4, 0.5) is 10.1 Å². The summed E-state index contributed by atoms with van der Waals surface area (Å²) in [6, 6.07) is 8.62. The summed E-state index contributed by atoms with van der Waals surface area (Å²) in [5, 5.41) is 0.381. The molecule has 35 heavy (non-hydrogen) atoms. The Morgan fingerprint density at radius 1 is 1.06 bits per heavy atom. The molecule has 1 aliphatic rings. The highest BCUT2D eigenvalue weighted by atomic mass is 32.2. The van der Waals surface area contributed by atoms with Crippen LogP contribution in [0.1, 0.15) is 38.1 Å². The zero-order valence-corrected chi connectivity index (χ0v) is 21.4. The molecule has 0 spiro atoms. The fraction of sp³-hybridized carbons (Fsp3) is 0.375. The molecule has 4 rings (SSSR count). The standard InChI is InChI=1S/C24H27BFNO7S/c1-23(2)24(3,4)34-25(33-23)17-12-16-19(13-18(17)27(5)35(7,29)30)32-21(20(16)22(28)31-6)14-8-10-15(26)11-9-14/h8-13H,1-7H3. The lowest BCUT2D eigenvalue weighted by molar-refractivity contribution is 0.00578. The molecule has 11 heteroatoms. The minimum atomic E-state index is -3.67. The molecule has 0 N–H and O–H groups in total. The number of ether oxygens (including phenoxy) is 1. The van der Waals surface area contributed by atoms with Gasteiger partial charge in [-0.3, -0.25) is 4.31 Å². The van der Waals surface area contributed by atoms with E-state index in [1.54, 1.807) is 6.07 Å². The van der Waals surface area contributed by atoms with Crippen molar-refractivity contribution in [1.82, 2.24) is 0 Å². The van der Waals surface area contributed by atoms with Crippen LogP contribution in [-0.2, 0) is 24.1 Å². The predicted octanol–water partition coefficient (Wildman–Crippen LogP) is 3.72. The second kappa shape index (κ2) is 8.36. The van der Waals surface area contributed by atoms with Gasteiger partial charge in [-0.25, -0.2) is 17.6 Å². The Labute approximate surface area is 204 Å². The third-order valence-corrected chi connectivity index (χ3v) is 7.87. The van der Waals surface area contributed by atoms with Gasteiger partial charge >= 0.3 is 13.1 Å². The monoisotopic (exact) mass is 503 g/mol. The van der Waals surface area contributed by atoms with Crippen LogP contribution in [-0.4, -0.2) is 53.1 Å². The Hall–Kier alpha value is -2.89. The molecule has 0 bridgehead atoms. The normalized spacial score (nSPS) is 17.1. The van der Waals surface area contributed by atoms with Gasteiger partial charge in [-0.05, 0) is 58.0 Å². The minimum absolute atomic E-state index is 0.125. The third kappa shape index (κ3) is 4.32. The van der Waals surface area contributed by atoms with Crippen molar-refractivity contribution in [1.29, 1.82) is 0 Å². The topological polar surface area (TPSA) is 95.3 Å². The summed E-state index contributed by atoms with van der Waals surface area (Å²) in [5.41, 5.74) is 0.132. The molecule has 186 valence electrons. The van der Waals surface area contributed by atoms with Gasteiger partial charge in [0.1, 0.15) is 22.7 Å².